The molecule has 0 spiro atoms. The summed E-state index contributed by atoms with van der Waals surface area (Å²) in [6.45, 7) is 2.30. The van der Waals surface area contributed by atoms with E-state index in [1.807, 2.05) is 37.3 Å². The van der Waals surface area contributed by atoms with E-state index in [0.717, 1.165) is 0 Å². The predicted molar refractivity (Wildman–Crippen MR) is 91.4 cm³/mol. The van der Waals surface area contributed by atoms with E-state index in [0.29, 0.717) is 31.5 Å². The number of likely N-dealkylation sites (N-methyl/N-ethyl adjacent to an activating group) is 1. The molecule has 130 valence electrons. The van der Waals surface area contributed by atoms with E-state index < -0.39 is 15.9 Å². The van der Waals surface area contributed by atoms with Crippen LogP contribution in [0.1, 0.15) is 26.2 Å². The Morgan fingerprint density at radius 2 is 1.96 bits per heavy atom. The van der Waals surface area contributed by atoms with Crippen LogP contribution in [0.2, 0.25) is 0 Å². The van der Waals surface area contributed by atoms with E-state index >= 15 is 0 Å². The summed E-state index contributed by atoms with van der Waals surface area (Å²) in [4.78, 5) is 28.5. The molecule has 2 aliphatic heterocycles. The molecule has 0 radical (unpaired) electrons. The molecule has 7 heteroatoms. The smallest absolute Gasteiger partial charge is 0.246 e. The van der Waals surface area contributed by atoms with Crippen LogP contribution in [0.15, 0.2) is 30.3 Å². The minimum Gasteiger partial charge on any atom is -0.337 e. The van der Waals surface area contributed by atoms with Crippen LogP contribution in [0, 0.1) is 0 Å². The highest BCUT2D eigenvalue weighted by atomic mass is 32.2. The van der Waals surface area contributed by atoms with Gasteiger partial charge < -0.3 is 4.90 Å². The fourth-order valence-corrected chi connectivity index (χ4v) is 5.37. The number of rotatable bonds is 4. The highest BCUT2D eigenvalue weighted by Gasteiger charge is 2.42. The fraction of sp³-hybridized carbons (Fsp3) is 0.529. The molecule has 2 amide bonds. The quantitative estimate of drug-likeness (QED) is 0.818. The van der Waals surface area contributed by atoms with Gasteiger partial charge in [-0.05, 0) is 31.9 Å². The Morgan fingerprint density at radius 3 is 2.54 bits per heavy atom. The lowest BCUT2D eigenvalue weighted by atomic mass is 10.1. The molecule has 6 nitrogen and oxygen atoms in total. The molecule has 2 atom stereocenters. The van der Waals surface area contributed by atoms with Crippen molar-refractivity contribution in [1.82, 2.24) is 4.90 Å². The van der Waals surface area contributed by atoms with E-state index in [1.54, 1.807) is 9.80 Å². The number of benzene rings is 1. The molecule has 2 fully saturated rings. The number of hydrogen-bond donors (Lipinski definition) is 0. The largest absolute Gasteiger partial charge is 0.337 e. The summed E-state index contributed by atoms with van der Waals surface area (Å²) >= 11 is 0. The number of hydrogen-bond acceptors (Lipinski definition) is 4. The van der Waals surface area contributed by atoms with Crippen LogP contribution in [-0.2, 0) is 19.4 Å². The van der Waals surface area contributed by atoms with Crippen LogP contribution in [0.25, 0.3) is 0 Å². The van der Waals surface area contributed by atoms with Gasteiger partial charge in [-0.3, -0.25) is 14.5 Å². The monoisotopic (exact) mass is 350 g/mol. The van der Waals surface area contributed by atoms with E-state index in [4.69, 9.17) is 0 Å². The van der Waals surface area contributed by atoms with Crippen LogP contribution in [0.3, 0.4) is 0 Å². The van der Waals surface area contributed by atoms with Crippen LogP contribution in [0.4, 0.5) is 5.69 Å². The van der Waals surface area contributed by atoms with E-state index in [-0.39, 0.29) is 29.4 Å². The van der Waals surface area contributed by atoms with Crippen LogP contribution < -0.4 is 4.90 Å². The average molecular weight is 350 g/mol. The maximum absolute atomic E-state index is 13.0. The lowest BCUT2D eigenvalue weighted by molar-refractivity contribution is -0.134. The van der Waals surface area contributed by atoms with Crippen LogP contribution in [0.5, 0.6) is 0 Å². The molecule has 2 heterocycles. The Morgan fingerprint density at radius 1 is 1.25 bits per heavy atom. The van der Waals surface area contributed by atoms with E-state index in [1.165, 1.54) is 0 Å². The Hall–Kier alpha value is -1.89. The Kier molecular flexibility index (Phi) is 4.62. The second-order valence-electron chi connectivity index (χ2n) is 6.33. The first-order valence-electron chi connectivity index (χ1n) is 8.31. The van der Waals surface area contributed by atoms with E-state index in [9.17, 15) is 18.0 Å². The highest BCUT2D eigenvalue weighted by molar-refractivity contribution is 7.91. The number of nitrogens with zero attached hydrogens (tertiary/aromatic N) is 2. The lowest BCUT2D eigenvalue weighted by Gasteiger charge is -2.33. The van der Waals surface area contributed by atoms with Crippen molar-refractivity contribution in [2.24, 2.45) is 0 Å². The number of para-hydroxylation sites is 1. The van der Waals surface area contributed by atoms with Crippen molar-refractivity contribution in [3.05, 3.63) is 30.3 Å². The minimum atomic E-state index is -3.06. The van der Waals surface area contributed by atoms with E-state index in [2.05, 4.69) is 0 Å². The molecule has 0 bridgehead atoms. The van der Waals surface area contributed by atoms with Crippen molar-refractivity contribution in [3.8, 4) is 0 Å². The zero-order valence-electron chi connectivity index (χ0n) is 13.7. The second-order valence-corrected chi connectivity index (χ2v) is 8.56. The molecule has 1 aromatic rings. The van der Waals surface area contributed by atoms with Gasteiger partial charge in [0.05, 0.1) is 11.5 Å². The second kappa shape index (κ2) is 6.55. The molecule has 0 saturated carbocycles. The van der Waals surface area contributed by atoms with Gasteiger partial charge in [-0.1, -0.05) is 18.2 Å². The van der Waals surface area contributed by atoms with Gasteiger partial charge in [0, 0.05) is 24.7 Å². The lowest BCUT2D eigenvalue weighted by Crippen LogP contribution is -2.51. The zero-order chi connectivity index (χ0) is 17.3. The fourth-order valence-electron chi connectivity index (χ4n) is 3.64. The van der Waals surface area contributed by atoms with Gasteiger partial charge in [-0.2, -0.15) is 0 Å². The first-order valence-corrected chi connectivity index (χ1v) is 10.1. The molecule has 2 unspecified atom stereocenters. The summed E-state index contributed by atoms with van der Waals surface area (Å²) in [6, 6.07) is 8.36. The molecule has 0 aromatic heterocycles. The number of carbonyl (C=O) groups excluding carboxylic acids is 2. The molecule has 2 saturated heterocycles. The summed E-state index contributed by atoms with van der Waals surface area (Å²) in [5, 5.41) is 0. The van der Waals surface area contributed by atoms with Gasteiger partial charge in [-0.15, -0.1) is 0 Å². The third-order valence-electron chi connectivity index (χ3n) is 4.80. The molecule has 3 rings (SSSR count). The number of anilines is 1. The van der Waals surface area contributed by atoms with Crippen molar-refractivity contribution in [3.63, 3.8) is 0 Å². The summed E-state index contributed by atoms with van der Waals surface area (Å²) < 4.78 is 23.5. The van der Waals surface area contributed by atoms with Gasteiger partial charge >= 0.3 is 0 Å². The number of carbonyl (C=O) groups is 2. The van der Waals surface area contributed by atoms with Crippen molar-refractivity contribution in [1.29, 1.82) is 0 Å². The number of sulfone groups is 1. The van der Waals surface area contributed by atoms with Gasteiger partial charge in [0.15, 0.2) is 9.84 Å². The third-order valence-corrected chi connectivity index (χ3v) is 6.55. The summed E-state index contributed by atoms with van der Waals surface area (Å²) in [7, 11) is -3.06. The van der Waals surface area contributed by atoms with Gasteiger partial charge in [0.2, 0.25) is 11.8 Å². The van der Waals surface area contributed by atoms with Gasteiger partial charge in [0.25, 0.3) is 0 Å². The minimum absolute atomic E-state index is 0.0264. The SMILES string of the molecule is CCN(C(=O)C1CCC(=O)N1c1ccccc1)C1CCS(=O)(=O)C1. The molecule has 0 aliphatic carbocycles. The molecular formula is C17H22N2O4S. The first-order chi connectivity index (χ1) is 11.4. The molecule has 24 heavy (non-hydrogen) atoms. The van der Waals surface area contributed by atoms with Crippen LogP contribution >= 0.6 is 0 Å². The molecular weight excluding hydrogens is 328 g/mol. The van der Waals surface area contributed by atoms with Crippen molar-refractivity contribution < 1.29 is 18.0 Å². The zero-order valence-corrected chi connectivity index (χ0v) is 14.5. The van der Waals surface area contributed by atoms with Gasteiger partial charge in [-0.25, -0.2) is 8.42 Å². The summed E-state index contributed by atoms with van der Waals surface area (Å²) in [5.41, 5.74) is 0.716. The van der Waals surface area contributed by atoms with Crippen molar-refractivity contribution in [2.75, 3.05) is 23.0 Å². The van der Waals surface area contributed by atoms with Gasteiger partial charge in [0.1, 0.15) is 6.04 Å². The maximum Gasteiger partial charge on any atom is 0.246 e. The standard InChI is InChI=1S/C17H22N2O4S/c1-2-18(14-10-11-24(22,23)12-14)17(21)15-8-9-16(20)19(15)13-6-4-3-5-7-13/h3-7,14-15H,2,8-12H2,1H3. The predicted octanol–water partition coefficient (Wildman–Crippen LogP) is 1.22. The normalized spacial score (nSPS) is 25.9. The topological polar surface area (TPSA) is 74.8 Å². The molecule has 1 aromatic carbocycles. The van der Waals surface area contributed by atoms with Crippen molar-refractivity contribution >= 4 is 27.3 Å². The first kappa shape index (κ1) is 17.0. The Labute approximate surface area is 142 Å². The Balaban J connectivity index is 1.83. The van der Waals surface area contributed by atoms with Crippen LogP contribution in [-0.4, -0.2) is 55.3 Å². The summed E-state index contributed by atoms with van der Waals surface area (Å²) in [5.74, 6) is -0.0459. The van der Waals surface area contributed by atoms with Crippen molar-refractivity contribution in [2.45, 2.75) is 38.3 Å². The highest BCUT2D eigenvalue weighted by Crippen LogP contribution is 2.29. The maximum atomic E-state index is 13.0. The molecule has 0 N–H and O–H groups in total. The average Bonchev–Trinajstić information content (AvgIpc) is 3.11. The molecule has 2 aliphatic rings. The third kappa shape index (κ3) is 3.17. The summed E-state index contributed by atoms with van der Waals surface area (Å²) in [6.07, 6.45) is 1.29. The Bertz CT molecular complexity index is 732. The number of amides is 2.